The third-order valence-electron chi connectivity index (χ3n) is 2.52. The van der Waals surface area contributed by atoms with Gasteiger partial charge in [0, 0.05) is 11.8 Å². The molecule has 18 heavy (non-hydrogen) atoms. The van der Waals surface area contributed by atoms with E-state index in [0.29, 0.717) is 18.6 Å². The Bertz CT molecular complexity index is 509. The zero-order valence-corrected chi connectivity index (χ0v) is 11.7. The molecule has 0 saturated heterocycles. The molecule has 0 spiro atoms. The van der Waals surface area contributed by atoms with Crippen molar-refractivity contribution in [3.63, 3.8) is 0 Å². The fraction of sp³-hybridized carbons (Fsp3) is 0.462. The van der Waals surface area contributed by atoms with Crippen molar-refractivity contribution in [2.45, 2.75) is 20.3 Å². The number of aryl methyl sites for hydroxylation is 2. The number of hydrogen-bond donors (Lipinski definition) is 0. The van der Waals surface area contributed by atoms with Gasteiger partial charge in [-0.15, -0.1) is 0 Å². The van der Waals surface area contributed by atoms with Crippen molar-refractivity contribution in [1.82, 2.24) is 0 Å². The Hall–Kier alpha value is -1.36. The Morgan fingerprint density at radius 3 is 2.22 bits per heavy atom. The smallest absolute Gasteiger partial charge is 0.150 e. The van der Waals surface area contributed by atoms with Gasteiger partial charge in [-0.05, 0) is 43.5 Å². The second kappa shape index (κ2) is 6.00. The van der Waals surface area contributed by atoms with E-state index in [-0.39, 0.29) is 5.75 Å². The lowest BCUT2D eigenvalue weighted by atomic mass is 10.1. The van der Waals surface area contributed by atoms with Crippen LogP contribution in [-0.4, -0.2) is 33.3 Å². The number of benzene rings is 1. The maximum Gasteiger partial charge on any atom is 0.150 e. The second-order valence-electron chi connectivity index (χ2n) is 4.43. The van der Waals surface area contributed by atoms with Crippen LogP contribution in [0.2, 0.25) is 0 Å². The molecule has 0 saturated carbocycles. The van der Waals surface area contributed by atoms with Crippen LogP contribution in [0, 0.1) is 13.8 Å². The quantitative estimate of drug-likeness (QED) is 0.585. The van der Waals surface area contributed by atoms with Crippen LogP contribution in [0.1, 0.15) is 27.9 Å². The van der Waals surface area contributed by atoms with Crippen molar-refractivity contribution in [2.75, 3.05) is 18.6 Å². The fourth-order valence-electron chi connectivity index (χ4n) is 1.77. The summed E-state index contributed by atoms with van der Waals surface area (Å²) in [6, 6.07) is 3.51. The Morgan fingerprint density at radius 1 is 1.22 bits per heavy atom. The van der Waals surface area contributed by atoms with Gasteiger partial charge in [0.05, 0.1) is 12.4 Å². The summed E-state index contributed by atoms with van der Waals surface area (Å²) in [5.41, 5.74) is 2.39. The topological polar surface area (TPSA) is 60.4 Å². The lowest BCUT2D eigenvalue weighted by molar-refractivity contribution is 0.112. The first-order valence-electron chi connectivity index (χ1n) is 5.70. The third kappa shape index (κ3) is 4.49. The first-order chi connectivity index (χ1) is 8.33. The molecule has 0 fully saturated rings. The van der Waals surface area contributed by atoms with E-state index in [1.165, 1.54) is 6.26 Å². The minimum atomic E-state index is -2.94. The molecule has 0 atom stereocenters. The van der Waals surface area contributed by atoms with Crippen LogP contribution in [0.15, 0.2) is 12.1 Å². The van der Waals surface area contributed by atoms with Crippen LogP contribution in [-0.2, 0) is 9.84 Å². The van der Waals surface area contributed by atoms with Crippen molar-refractivity contribution in [1.29, 1.82) is 0 Å². The summed E-state index contributed by atoms with van der Waals surface area (Å²) in [4.78, 5) is 10.7. The molecule has 0 unspecified atom stereocenters. The van der Waals surface area contributed by atoms with Crippen molar-refractivity contribution < 1.29 is 17.9 Å². The average molecular weight is 270 g/mol. The predicted molar refractivity (Wildman–Crippen MR) is 71.1 cm³/mol. The predicted octanol–water partition coefficient (Wildman–Crippen LogP) is 1.93. The highest BCUT2D eigenvalue weighted by atomic mass is 32.2. The molecule has 0 aliphatic rings. The average Bonchev–Trinajstić information content (AvgIpc) is 2.25. The molecule has 1 rings (SSSR count). The van der Waals surface area contributed by atoms with E-state index in [0.717, 1.165) is 23.2 Å². The summed E-state index contributed by atoms with van der Waals surface area (Å²) in [7, 11) is -2.94. The number of rotatable bonds is 6. The summed E-state index contributed by atoms with van der Waals surface area (Å²) >= 11 is 0. The Morgan fingerprint density at radius 2 is 1.78 bits per heavy atom. The van der Waals surface area contributed by atoms with E-state index in [9.17, 15) is 13.2 Å². The van der Waals surface area contributed by atoms with Crippen molar-refractivity contribution in [2.24, 2.45) is 0 Å². The Labute approximate surface area is 108 Å². The SMILES string of the molecule is Cc1cc(C=O)cc(C)c1OCCCS(C)(=O)=O. The van der Waals surface area contributed by atoms with Gasteiger partial charge in [0.1, 0.15) is 21.9 Å². The third-order valence-corrected chi connectivity index (χ3v) is 3.55. The van der Waals surface area contributed by atoms with Crippen molar-refractivity contribution in [3.8, 4) is 5.75 Å². The molecule has 0 bridgehead atoms. The monoisotopic (exact) mass is 270 g/mol. The van der Waals surface area contributed by atoms with Gasteiger partial charge in [-0.25, -0.2) is 8.42 Å². The van der Waals surface area contributed by atoms with E-state index in [1.807, 2.05) is 13.8 Å². The molecule has 0 aliphatic carbocycles. The number of carbonyl (C=O) groups is 1. The van der Waals surface area contributed by atoms with Crippen LogP contribution < -0.4 is 4.74 Å². The van der Waals surface area contributed by atoms with Crippen LogP contribution in [0.25, 0.3) is 0 Å². The van der Waals surface area contributed by atoms with Crippen LogP contribution >= 0.6 is 0 Å². The first kappa shape index (κ1) is 14.7. The molecule has 1 aromatic rings. The molecule has 4 nitrogen and oxygen atoms in total. The normalized spacial score (nSPS) is 11.3. The van der Waals surface area contributed by atoms with Gasteiger partial charge in [-0.1, -0.05) is 0 Å². The van der Waals surface area contributed by atoms with E-state index in [1.54, 1.807) is 12.1 Å². The standard InChI is InChI=1S/C13H18O4S/c1-10-7-12(9-14)8-11(2)13(10)17-5-4-6-18(3,15)16/h7-9H,4-6H2,1-3H3. The van der Waals surface area contributed by atoms with Gasteiger partial charge in [0.2, 0.25) is 0 Å². The van der Waals surface area contributed by atoms with E-state index >= 15 is 0 Å². The van der Waals surface area contributed by atoms with Gasteiger partial charge in [-0.3, -0.25) is 4.79 Å². The maximum absolute atomic E-state index is 11.0. The summed E-state index contributed by atoms with van der Waals surface area (Å²) in [5.74, 6) is 0.853. The highest BCUT2D eigenvalue weighted by Crippen LogP contribution is 2.24. The second-order valence-corrected chi connectivity index (χ2v) is 6.69. The lowest BCUT2D eigenvalue weighted by Crippen LogP contribution is -2.09. The van der Waals surface area contributed by atoms with Crippen molar-refractivity contribution in [3.05, 3.63) is 28.8 Å². The molecule has 0 heterocycles. The number of hydrogen-bond acceptors (Lipinski definition) is 4. The molecule has 0 aromatic heterocycles. The van der Waals surface area contributed by atoms with Gasteiger partial charge in [0.25, 0.3) is 0 Å². The molecule has 5 heteroatoms. The largest absolute Gasteiger partial charge is 0.493 e. The molecule has 0 amide bonds. The molecular weight excluding hydrogens is 252 g/mol. The Balaban J connectivity index is 2.65. The van der Waals surface area contributed by atoms with Crippen molar-refractivity contribution >= 4 is 16.1 Å². The lowest BCUT2D eigenvalue weighted by Gasteiger charge is -2.12. The molecular formula is C13H18O4S. The highest BCUT2D eigenvalue weighted by Gasteiger charge is 2.07. The van der Waals surface area contributed by atoms with Crippen LogP contribution in [0.4, 0.5) is 0 Å². The zero-order chi connectivity index (χ0) is 13.8. The molecule has 0 radical (unpaired) electrons. The number of ether oxygens (including phenoxy) is 1. The molecule has 1 aromatic carbocycles. The summed E-state index contributed by atoms with van der Waals surface area (Å²) in [5, 5.41) is 0. The van der Waals surface area contributed by atoms with E-state index in [2.05, 4.69) is 0 Å². The summed E-state index contributed by atoms with van der Waals surface area (Å²) in [6.07, 6.45) is 2.48. The van der Waals surface area contributed by atoms with Gasteiger partial charge < -0.3 is 4.74 Å². The highest BCUT2D eigenvalue weighted by molar-refractivity contribution is 7.90. The van der Waals surface area contributed by atoms with Gasteiger partial charge in [-0.2, -0.15) is 0 Å². The molecule has 0 N–H and O–H groups in total. The van der Waals surface area contributed by atoms with E-state index < -0.39 is 9.84 Å². The minimum absolute atomic E-state index is 0.123. The molecule has 0 aliphatic heterocycles. The Kier molecular flexibility index (Phi) is 4.90. The van der Waals surface area contributed by atoms with Gasteiger partial charge in [0.15, 0.2) is 0 Å². The number of sulfone groups is 1. The number of aldehydes is 1. The van der Waals surface area contributed by atoms with Gasteiger partial charge >= 0.3 is 0 Å². The fourth-order valence-corrected chi connectivity index (χ4v) is 2.42. The summed E-state index contributed by atoms with van der Waals surface area (Å²) < 4.78 is 27.5. The molecule has 100 valence electrons. The van der Waals surface area contributed by atoms with Crippen LogP contribution in [0.5, 0.6) is 5.75 Å². The van der Waals surface area contributed by atoms with E-state index in [4.69, 9.17) is 4.74 Å². The first-order valence-corrected chi connectivity index (χ1v) is 7.76. The number of carbonyl (C=O) groups excluding carboxylic acids is 1. The minimum Gasteiger partial charge on any atom is -0.493 e. The maximum atomic E-state index is 11.0. The van der Waals surface area contributed by atoms with Crippen LogP contribution in [0.3, 0.4) is 0 Å². The zero-order valence-electron chi connectivity index (χ0n) is 10.9. The summed E-state index contributed by atoms with van der Waals surface area (Å²) in [6.45, 7) is 4.09.